The summed E-state index contributed by atoms with van der Waals surface area (Å²) >= 11 is 0. The van der Waals surface area contributed by atoms with E-state index in [9.17, 15) is 9.90 Å². The van der Waals surface area contributed by atoms with Gasteiger partial charge in [0.05, 0.1) is 12.1 Å². The average molecular weight is 228 g/mol. The van der Waals surface area contributed by atoms with Crippen LogP contribution in [0.2, 0.25) is 0 Å². The smallest absolute Gasteiger partial charge is 0.237 e. The lowest BCUT2D eigenvalue weighted by Crippen LogP contribution is -2.42. The molecule has 1 saturated heterocycles. The van der Waals surface area contributed by atoms with Crippen molar-refractivity contribution in [2.24, 2.45) is 5.41 Å². The number of β-amino-alcohol motifs (C(OH)–C–C–N with tert-alkyl or cyclic N) is 1. The van der Waals surface area contributed by atoms with E-state index in [2.05, 4.69) is 10.6 Å². The second kappa shape index (κ2) is 4.69. The van der Waals surface area contributed by atoms with Crippen molar-refractivity contribution in [3.05, 3.63) is 0 Å². The van der Waals surface area contributed by atoms with Gasteiger partial charge in [0.25, 0.3) is 0 Å². The SMILES string of the molecule is O=C(NCC1(CCO)CC1)C1CC(O)CN1. The maximum atomic E-state index is 11.7. The van der Waals surface area contributed by atoms with Gasteiger partial charge in [0.15, 0.2) is 0 Å². The number of aliphatic hydroxyl groups is 2. The van der Waals surface area contributed by atoms with Crippen molar-refractivity contribution in [2.45, 2.75) is 37.8 Å². The standard InChI is InChI=1S/C11H20N2O3/c14-4-3-11(1-2-11)7-13-10(16)9-5-8(15)6-12-9/h8-9,12,14-15H,1-7H2,(H,13,16). The van der Waals surface area contributed by atoms with Crippen LogP contribution >= 0.6 is 0 Å². The summed E-state index contributed by atoms with van der Waals surface area (Å²) in [5.74, 6) is -0.0271. The van der Waals surface area contributed by atoms with Crippen LogP contribution in [0.15, 0.2) is 0 Å². The molecule has 2 unspecified atom stereocenters. The number of aliphatic hydroxyl groups excluding tert-OH is 2. The summed E-state index contributed by atoms with van der Waals surface area (Å²) < 4.78 is 0. The van der Waals surface area contributed by atoms with Gasteiger partial charge in [-0.25, -0.2) is 0 Å². The molecule has 0 spiro atoms. The Labute approximate surface area is 95.2 Å². The quantitative estimate of drug-likeness (QED) is 0.486. The molecule has 1 aliphatic heterocycles. The Kier molecular flexibility index (Phi) is 3.47. The summed E-state index contributed by atoms with van der Waals surface area (Å²) in [6.07, 6.45) is 3.05. The molecule has 1 heterocycles. The van der Waals surface area contributed by atoms with E-state index in [0.29, 0.717) is 19.5 Å². The number of hydrogen-bond donors (Lipinski definition) is 4. The van der Waals surface area contributed by atoms with Crippen molar-refractivity contribution in [3.8, 4) is 0 Å². The lowest BCUT2D eigenvalue weighted by Gasteiger charge is -2.16. The van der Waals surface area contributed by atoms with Crippen molar-refractivity contribution in [3.63, 3.8) is 0 Å². The zero-order valence-corrected chi connectivity index (χ0v) is 9.41. The molecular formula is C11H20N2O3. The predicted octanol–water partition coefficient (Wildman–Crippen LogP) is -1.01. The van der Waals surface area contributed by atoms with Gasteiger partial charge in [-0.3, -0.25) is 4.79 Å². The monoisotopic (exact) mass is 228 g/mol. The molecule has 2 rings (SSSR count). The maximum absolute atomic E-state index is 11.7. The summed E-state index contributed by atoms with van der Waals surface area (Å²) in [4.78, 5) is 11.7. The highest BCUT2D eigenvalue weighted by molar-refractivity contribution is 5.82. The summed E-state index contributed by atoms with van der Waals surface area (Å²) in [5, 5.41) is 24.1. The Hall–Kier alpha value is -0.650. The molecule has 1 aliphatic carbocycles. The molecule has 1 saturated carbocycles. The van der Waals surface area contributed by atoms with Gasteiger partial charge in [-0.1, -0.05) is 0 Å². The molecule has 4 N–H and O–H groups in total. The van der Waals surface area contributed by atoms with E-state index in [0.717, 1.165) is 19.3 Å². The molecule has 1 amide bonds. The van der Waals surface area contributed by atoms with Gasteiger partial charge >= 0.3 is 0 Å². The summed E-state index contributed by atoms with van der Waals surface area (Å²) in [5.41, 5.74) is 0.154. The van der Waals surface area contributed by atoms with Crippen molar-refractivity contribution < 1.29 is 15.0 Å². The largest absolute Gasteiger partial charge is 0.396 e. The Balaban J connectivity index is 1.72. The Bertz CT molecular complexity index is 266. The number of amides is 1. The van der Waals surface area contributed by atoms with Gasteiger partial charge < -0.3 is 20.8 Å². The minimum Gasteiger partial charge on any atom is -0.396 e. The summed E-state index contributed by atoms with van der Waals surface area (Å²) in [6, 6.07) is -0.250. The average Bonchev–Trinajstić information content (AvgIpc) is 2.89. The van der Waals surface area contributed by atoms with Crippen molar-refractivity contribution in [1.29, 1.82) is 0 Å². The van der Waals surface area contributed by atoms with Crippen LogP contribution in [-0.2, 0) is 4.79 Å². The molecule has 5 heteroatoms. The Morgan fingerprint density at radius 3 is 2.75 bits per heavy atom. The zero-order valence-electron chi connectivity index (χ0n) is 9.41. The van der Waals surface area contributed by atoms with Crippen LogP contribution in [0, 0.1) is 5.41 Å². The van der Waals surface area contributed by atoms with E-state index in [1.807, 2.05) is 0 Å². The first-order chi connectivity index (χ1) is 7.65. The summed E-state index contributed by atoms with van der Waals surface area (Å²) in [6.45, 7) is 1.34. The van der Waals surface area contributed by atoms with Gasteiger partial charge in [-0.15, -0.1) is 0 Å². The third-order valence-electron chi connectivity index (χ3n) is 3.66. The number of carbonyl (C=O) groups is 1. The molecule has 16 heavy (non-hydrogen) atoms. The second-order valence-electron chi connectivity index (χ2n) is 5.04. The second-order valence-corrected chi connectivity index (χ2v) is 5.04. The van der Waals surface area contributed by atoms with Crippen LogP contribution in [0.25, 0.3) is 0 Å². The Morgan fingerprint density at radius 1 is 1.50 bits per heavy atom. The minimum atomic E-state index is -0.400. The van der Waals surface area contributed by atoms with E-state index in [1.165, 1.54) is 0 Å². The van der Waals surface area contributed by atoms with Gasteiger partial charge in [0.1, 0.15) is 0 Å². The van der Waals surface area contributed by atoms with Crippen LogP contribution in [0.1, 0.15) is 25.7 Å². The number of carbonyl (C=O) groups excluding carboxylic acids is 1. The van der Waals surface area contributed by atoms with Gasteiger partial charge in [-0.2, -0.15) is 0 Å². The number of nitrogens with one attached hydrogen (secondary N) is 2. The summed E-state index contributed by atoms with van der Waals surface area (Å²) in [7, 11) is 0. The molecule has 2 atom stereocenters. The van der Waals surface area contributed by atoms with Crippen molar-refractivity contribution >= 4 is 5.91 Å². The molecule has 2 fully saturated rings. The van der Waals surface area contributed by atoms with Crippen LogP contribution in [0.4, 0.5) is 0 Å². The fraction of sp³-hybridized carbons (Fsp3) is 0.909. The lowest BCUT2D eigenvalue weighted by atomic mass is 10.0. The van der Waals surface area contributed by atoms with Gasteiger partial charge in [-0.05, 0) is 31.1 Å². The molecule has 2 aliphatic rings. The molecule has 5 nitrogen and oxygen atoms in total. The highest BCUT2D eigenvalue weighted by Gasteiger charge is 2.42. The van der Waals surface area contributed by atoms with Crippen LogP contribution in [0.5, 0.6) is 0 Å². The number of hydrogen-bond acceptors (Lipinski definition) is 4. The molecule has 0 aromatic carbocycles. The van der Waals surface area contributed by atoms with E-state index < -0.39 is 6.10 Å². The van der Waals surface area contributed by atoms with E-state index in [4.69, 9.17) is 5.11 Å². The fourth-order valence-electron chi connectivity index (χ4n) is 2.24. The predicted molar refractivity (Wildman–Crippen MR) is 58.8 cm³/mol. The highest BCUT2D eigenvalue weighted by Crippen LogP contribution is 2.47. The van der Waals surface area contributed by atoms with Gasteiger partial charge in [0, 0.05) is 19.7 Å². The highest BCUT2D eigenvalue weighted by atomic mass is 16.3. The molecule has 0 bridgehead atoms. The molecule has 0 aromatic heterocycles. The zero-order chi connectivity index (χ0) is 11.6. The van der Waals surface area contributed by atoms with Crippen LogP contribution in [-0.4, -0.2) is 48.0 Å². The molecule has 0 radical (unpaired) electrons. The van der Waals surface area contributed by atoms with E-state index in [-0.39, 0.29) is 24.0 Å². The van der Waals surface area contributed by atoms with Gasteiger partial charge in [0.2, 0.25) is 5.91 Å². The first-order valence-corrected chi connectivity index (χ1v) is 5.95. The molecular weight excluding hydrogens is 208 g/mol. The first-order valence-electron chi connectivity index (χ1n) is 5.95. The van der Waals surface area contributed by atoms with Crippen LogP contribution in [0.3, 0.4) is 0 Å². The van der Waals surface area contributed by atoms with Crippen molar-refractivity contribution in [1.82, 2.24) is 10.6 Å². The third kappa shape index (κ3) is 2.72. The number of rotatable bonds is 5. The fourth-order valence-corrected chi connectivity index (χ4v) is 2.24. The minimum absolute atomic E-state index is 0.0271. The third-order valence-corrected chi connectivity index (χ3v) is 3.66. The van der Waals surface area contributed by atoms with E-state index >= 15 is 0 Å². The Morgan fingerprint density at radius 2 is 2.25 bits per heavy atom. The molecule has 0 aromatic rings. The van der Waals surface area contributed by atoms with E-state index in [1.54, 1.807) is 0 Å². The lowest BCUT2D eigenvalue weighted by molar-refractivity contribution is -0.123. The normalized spacial score (nSPS) is 31.4. The first kappa shape index (κ1) is 11.8. The van der Waals surface area contributed by atoms with Crippen molar-refractivity contribution in [2.75, 3.05) is 19.7 Å². The van der Waals surface area contributed by atoms with Crippen LogP contribution < -0.4 is 10.6 Å². The topological polar surface area (TPSA) is 81.6 Å². The molecule has 92 valence electrons. The maximum Gasteiger partial charge on any atom is 0.237 e.